The molecule has 7 heteroatoms. The molecule has 0 saturated carbocycles. The minimum absolute atomic E-state index is 0.616. The van der Waals surface area contributed by atoms with Crippen LogP contribution in [0.3, 0.4) is 0 Å². The molecule has 0 aliphatic carbocycles. The van der Waals surface area contributed by atoms with Crippen molar-refractivity contribution in [3.63, 3.8) is 0 Å². The molecule has 1 rings (SSSR count). The van der Waals surface area contributed by atoms with Crippen molar-refractivity contribution < 1.29 is 0 Å². The van der Waals surface area contributed by atoms with Crippen LogP contribution in [0.5, 0.6) is 0 Å². The minimum atomic E-state index is 0.616. The van der Waals surface area contributed by atoms with Gasteiger partial charge in [0, 0.05) is 26.3 Å². The Kier molecular flexibility index (Phi) is 7.26. The van der Waals surface area contributed by atoms with Gasteiger partial charge in [0.2, 0.25) is 0 Å². The lowest BCUT2D eigenvalue weighted by Gasteiger charge is -2.20. The van der Waals surface area contributed by atoms with E-state index < -0.39 is 0 Å². The first-order valence-electron chi connectivity index (χ1n) is 6.79. The molecule has 0 unspecified atom stereocenters. The summed E-state index contributed by atoms with van der Waals surface area (Å²) in [5.74, 6) is 0. The second kappa shape index (κ2) is 8.44. The first-order valence-corrected chi connectivity index (χ1v) is 7.58. The second-order valence-electron chi connectivity index (χ2n) is 5.02. The SMILES string of the molecule is CCn1cc(Cl)c(CN(C)C(=S)NCCCN(C)C)n1. The van der Waals surface area contributed by atoms with Crippen LogP contribution in [0.15, 0.2) is 6.20 Å². The lowest BCUT2D eigenvalue weighted by Crippen LogP contribution is -2.37. The Bertz CT molecular complexity index is 432. The van der Waals surface area contributed by atoms with E-state index in [1.165, 1.54) is 0 Å². The highest BCUT2D eigenvalue weighted by Crippen LogP contribution is 2.15. The molecule has 0 amide bonds. The van der Waals surface area contributed by atoms with Crippen molar-refractivity contribution in [3.05, 3.63) is 16.9 Å². The van der Waals surface area contributed by atoms with Gasteiger partial charge in [0.1, 0.15) is 5.69 Å². The van der Waals surface area contributed by atoms with Crippen molar-refractivity contribution in [2.75, 3.05) is 34.2 Å². The molecular formula is C13H24ClN5S. The highest BCUT2D eigenvalue weighted by Gasteiger charge is 2.11. The predicted molar refractivity (Wildman–Crippen MR) is 88.1 cm³/mol. The van der Waals surface area contributed by atoms with E-state index in [-0.39, 0.29) is 0 Å². The number of rotatable bonds is 7. The minimum Gasteiger partial charge on any atom is -0.363 e. The van der Waals surface area contributed by atoms with Crippen LogP contribution in [0.4, 0.5) is 0 Å². The topological polar surface area (TPSA) is 36.3 Å². The van der Waals surface area contributed by atoms with Gasteiger partial charge in [-0.1, -0.05) is 11.6 Å². The molecule has 5 nitrogen and oxygen atoms in total. The number of hydrogen-bond acceptors (Lipinski definition) is 3. The molecule has 1 heterocycles. The van der Waals surface area contributed by atoms with Gasteiger partial charge in [-0.05, 0) is 46.2 Å². The second-order valence-corrected chi connectivity index (χ2v) is 5.82. The Balaban J connectivity index is 2.39. The Labute approximate surface area is 131 Å². The van der Waals surface area contributed by atoms with Crippen molar-refractivity contribution in [1.29, 1.82) is 0 Å². The fourth-order valence-corrected chi connectivity index (χ4v) is 2.11. The van der Waals surface area contributed by atoms with Crippen LogP contribution in [-0.2, 0) is 13.1 Å². The molecule has 1 aromatic heterocycles. The molecule has 0 bridgehead atoms. The number of hydrogen-bond donors (Lipinski definition) is 1. The molecule has 0 fully saturated rings. The van der Waals surface area contributed by atoms with Crippen LogP contribution >= 0.6 is 23.8 Å². The van der Waals surface area contributed by atoms with E-state index in [0.29, 0.717) is 11.6 Å². The molecule has 1 N–H and O–H groups in total. The maximum atomic E-state index is 6.15. The molecule has 114 valence electrons. The largest absolute Gasteiger partial charge is 0.363 e. The number of aryl methyl sites for hydroxylation is 1. The monoisotopic (exact) mass is 317 g/mol. The van der Waals surface area contributed by atoms with Crippen LogP contribution in [0, 0.1) is 0 Å². The summed E-state index contributed by atoms with van der Waals surface area (Å²) in [7, 11) is 6.08. The molecule has 1 aromatic rings. The number of halogens is 1. The van der Waals surface area contributed by atoms with Crippen molar-refractivity contribution in [1.82, 2.24) is 24.9 Å². The molecule has 0 aliphatic rings. The smallest absolute Gasteiger partial charge is 0.169 e. The summed E-state index contributed by atoms with van der Waals surface area (Å²) in [4.78, 5) is 4.12. The van der Waals surface area contributed by atoms with Gasteiger partial charge in [0.25, 0.3) is 0 Å². The third kappa shape index (κ3) is 5.64. The maximum absolute atomic E-state index is 6.15. The lowest BCUT2D eigenvalue weighted by atomic mass is 10.4. The van der Waals surface area contributed by atoms with E-state index in [1.807, 2.05) is 29.7 Å². The maximum Gasteiger partial charge on any atom is 0.169 e. The van der Waals surface area contributed by atoms with E-state index in [1.54, 1.807) is 0 Å². The Morgan fingerprint density at radius 2 is 2.15 bits per heavy atom. The zero-order valence-electron chi connectivity index (χ0n) is 12.7. The molecule has 0 aromatic carbocycles. The average molecular weight is 318 g/mol. The van der Waals surface area contributed by atoms with Crippen LogP contribution in [0.1, 0.15) is 19.0 Å². The first-order chi connectivity index (χ1) is 9.43. The van der Waals surface area contributed by atoms with Gasteiger partial charge >= 0.3 is 0 Å². The Hall–Kier alpha value is -0.850. The number of nitrogens with one attached hydrogen (secondary N) is 1. The van der Waals surface area contributed by atoms with E-state index in [0.717, 1.165) is 36.9 Å². The summed E-state index contributed by atoms with van der Waals surface area (Å²) in [5.41, 5.74) is 0.855. The quantitative estimate of drug-likeness (QED) is 0.613. The lowest BCUT2D eigenvalue weighted by molar-refractivity contribution is 0.397. The van der Waals surface area contributed by atoms with Crippen LogP contribution < -0.4 is 5.32 Å². The number of nitrogens with zero attached hydrogens (tertiary/aromatic N) is 4. The Morgan fingerprint density at radius 3 is 2.70 bits per heavy atom. The zero-order valence-corrected chi connectivity index (χ0v) is 14.3. The van der Waals surface area contributed by atoms with Gasteiger partial charge in [-0.3, -0.25) is 4.68 Å². The van der Waals surface area contributed by atoms with Crippen LogP contribution in [0.2, 0.25) is 5.02 Å². The average Bonchev–Trinajstić information content (AvgIpc) is 2.75. The zero-order chi connectivity index (χ0) is 15.1. The fourth-order valence-electron chi connectivity index (χ4n) is 1.73. The van der Waals surface area contributed by atoms with Gasteiger partial charge in [-0.2, -0.15) is 5.10 Å². The summed E-state index contributed by atoms with van der Waals surface area (Å²) in [5, 5.41) is 9.09. The summed E-state index contributed by atoms with van der Waals surface area (Å²) in [6.07, 6.45) is 2.91. The molecule has 0 saturated heterocycles. The van der Waals surface area contributed by atoms with Gasteiger partial charge in [-0.25, -0.2) is 0 Å². The normalized spacial score (nSPS) is 10.9. The molecule has 0 spiro atoms. The molecule has 0 radical (unpaired) electrons. The third-order valence-corrected chi connectivity index (χ3v) is 3.67. The summed E-state index contributed by atoms with van der Waals surface area (Å²) < 4.78 is 1.83. The first kappa shape index (κ1) is 17.2. The highest BCUT2D eigenvalue weighted by atomic mass is 35.5. The molecule has 0 atom stereocenters. The van der Waals surface area contributed by atoms with E-state index >= 15 is 0 Å². The summed E-state index contributed by atoms with van der Waals surface area (Å²) in [6, 6.07) is 0. The summed E-state index contributed by atoms with van der Waals surface area (Å²) >= 11 is 11.5. The van der Waals surface area contributed by atoms with Crippen LogP contribution in [-0.4, -0.2) is 58.9 Å². The van der Waals surface area contributed by atoms with E-state index in [2.05, 4.69) is 29.4 Å². The van der Waals surface area contributed by atoms with E-state index in [9.17, 15) is 0 Å². The summed E-state index contributed by atoms with van der Waals surface area (Å²) in [6.45, 7) is 5.39. The Morgan fingerprint density at radius 1 is 1.45 bits per heavy atom. The van der Waals surface area contributed by atoms with Gasteiger partial charge < -0.3 is 15.1 Å². The van der Waals surface area contributed by atoms with Gasteiger partial charge in [-0.15, -0.1) is 0 Å². The predicted octanol–water partition coefficient (Wildman–Crippen LogP) is 1.81. The van der Waals surface area contributed by atoms with Gasteiger partial charge in [0.05, 0.1) is 11.6 Å². The fraction of sp³-hybridized carbons (Fsp3) is 0.692. The molecule has 0 aliphatic heterocycles. The van der Waals surface area contributed by atoms with Gasteiger partial charge in [0.15, 0.2) is 5.11 Å². The number of aromatic nitrogens is 2. The third-order valence-electron chi connectivity index (χ3n) is 2.90. The van der Waals surface area contributed by atoms with Crippen molar-refractivity contribution in [2.24, 2.45) is 0 Å². The van der Waals surface area contributed by atoms with E-state index in [4.69, 9.17) is 23.8 Å². The van der Waals surface area contributed by atoms with Crippen LogP contribution in [0.25, 0.3) is 0 Å². The highest BCUT2D eigenvalue weighted by molar-refractivity contribution is 7.80. The van der Waals surface area contributed by atoms with Crippen molar-refractivity contribution in [2.45, 2.75) is 26.4 Å². The molecule has 20 heavy (non-hydrogen) atoms. The van der Waals surface area contributed by atoms with Crippen molar-refractivity contribution >= 4 is 28.9 Å². The molecular weight excluding hydrogens is 294 g/mol. The standard InChI is InChI=1S/C13H24ClN5S/c1-5-19-9-11(14)12(16-19)10-18(4)13(20)15-7-6-8-17(2)3/h9H,5-8,10H2,1-4H3,(H,15,20). The van der Waals surface area contributed by atoms with Crippen molar-refractivity contribution in [3.8, 4) is 0 Å². The number of thiocarbonyl (C=S) groups is 1.